The van der Waals surface area contributed by atoms with E-state index in [-0.39, 0.29) is 12.3 Å². The predicted octanol–water partition coefficient (Wildman–Crippen LogP) is 4.44. The molecule has 0 spiro atoms. The van der Waals surface area contributed by atoms with Crippen molar-refractivity contribution in [2.45, 2.75) is 17.3 Å². The molecule has 2 heterocycles. The van der Waals surface area contributed by atoms with Crippen molar-refractivity contribution in [2.75, 3.05) is 0 Å². The minimum atomic E-state index is -4.96. The normalized spacial score (nSPS) is 11.8. The molecule has 0 amide bonds. The minimum absolute atomic E-state index is 0.230. The fourth-order valence-corrected chi connectivity index (χ4v) is 3.71. The van der Waals surface area contributed by atoms with E-state index in [0.29, 0.717) is 17.1 Å². The first-order chi connectivity index (χ1) is 14.4. The molecule has 10 heteroatoms. The Labute approximate surface area is 168 Å². The van der Waals surface area contributed by atoms with E-state index >= 15 is 0 Å². The third kappa shape index (κ3) is 3.69. The number of fused-ring (bicyclic) bond motifs is 1. The van der Waals surface area contributed by atoms with Gasteiger partial charge >= 0.3 is 11.7 Å². The lowest BCUT2D eigenvalue weighted by molar-refractivity contribution is 0.0459. The number of ether oxygens (including phenoxy) is 1. The number of furan rings is 1. The van der Waals surface area contributed by atoms with Crippen molar-refractivity contribution < 1.29 is 35.7 Å². The summed E-state index contributed by atoms with van der Waals surface area (Å²) in [4.78, 5) is 11.5. The van der Waals surface area contributed by atoms with Crippen LogP contribution in [0.3, 0.4) is 0 Å². The first kappa shape index (κ1) is 19.8. The molecule has 0 bridgehead atoms. The van der Waals surface area contributed by atoms with Gasteiger partial charge in [-0.25, -0.2) is 13.2 Å². The van der Waals surface area contributed by atoms with Crippen LogP contribution >= 0.6 is 0 Å². The van der Waals surface area contributed by atoms with Gasteiger partial charge in [-0.15, -0.1) is 0 Å². The highest BCUT2D eigenvalue weighted by molar-refractivity contribution is 7.91. The zero-order valence-corrected chi connectivity index (χ0v) is 15.9. The smallest absolute Gasteiger partial charge is 0.341 e. The SMILES string of the molecule is O=C(OCc1cc(-c2cc3ccccc3o2)on1)c1ccccc1S(=O)(=O)C(F)F. The van der Waals surface area contributed by atoms with Gasteiger partial charge in [-0.3, -0.25) is 0 Å². The third-order valence-electron chi connectivity index (χ3n) is 4.23. The molecule has 0 aliphatic heterocycles. The number of hydrogen-bond donors (Lipinski definition) is 0. The second-order valence-electron chi connectivity index (χ2n) is 6.21. The Bertz CT molecular complexity index is 1290. The number of aromatic nitrogens is 1. The average molecular weight is 433 g/mol. The van der Waals surface area contributed by atoms with E-state index in [1.54, 1.807) is 12.1 Å². The van der Waals surface area contributed by atoms with E-state index in [1.165, 1.54) is 18.2 Å². The monoisotopic (exact) mass is 433 g/mol. The molecule has 30 heavy (non-hydrogen) atoms. The summed E-state index contributed by atoms with van der Waals surface area (Å²) in [7, 11) is -4.96. The van der Waals surface area contributed by atoms with Crippen LogP contribution in [0.25, 0.3) is 22.5 Å². The van der Waals surface area contributed by atoms with Crippen LogP contribution < -0.4 is 0 Å². The van der Waals surface area contributed by atoms with Gasteiger partial charge in [-0.1, -0.05) is 35.5 Å². The standard InChI is InChI=1S/C20H13F2NO6S/c21-20(22)30(25,26)18-8-4-2-6-14(18)19(24)27-11-13-10-17(29-23-13)16-9-12-5-1-3-7-15(12)28-16/h1-10,20H,11H2. The summed E-state index contributed by atoms with van der Waals surface area (Å²) in [6, 6.07) is 15.2. The summed E-state index contributed by atoms with van der Waals surface area (Å²) in [6.45, 7) is -0.356. The molecular weight excluding hydrogens is 420 g/mol. The van der Waals surface area contributed by atoms with E-state index in [1.807, 2.05) is 18.2 Å². The van der Waals surface area contributed by atoms with Crippen LogP contribution in [0.4, 0.5) is 8.78 Å². The lowest BCUT2D eigenvalue weighted by Crippen LogP contribution is -2.17. The number of nitrogens with zero attached hydrogens (tertiary/aromatic N) is 1. The van der Waals surface area contributed by atoms with Gasteiger partial charge in [-0.2, -0.15) is 8.78 Å². The molecular formula is C20H13F2NO6S. The molecule has 4 rings (SSSR count). The molecule has 2 aromatic heterocycles. The number of para-hydroxylation sites is 1. The van der Waals surface area contributed by atoms with E-state index < -0.39 is 32.0 Å². The number of alkyl halides is 2. The summed E-state index contributed by atoms with van der Waals surface area (Å²) < 4.78 is 65.2. The summed E-state index contributed by atoms with van der Waals surface area (Å²) in [5.74, 6) is -4.01. The van der Waals surface area contributed by atoms with Gasteiger partial charge in [0.2, 0.25) is 15.6 Å². The maximum absolute atomic E-state index is 12.9. The Kier molecular flexibility index (Phi) is 5.08. The first-order valence-corrected chi connectivity index (χ1v) is 10.1. The zero-order valence-electron chi connectivity index (χ0n) is 15.1. The van der Waals surface area contributed by atoms with Crippen LogP contribution in [0, 0.1) is 0 Å². The topological polar surface area (TPSA) is 99.6 Å². The van der Waals surface area contributed by atoms with Crippen LogP contribution in [-0.2, 0) is 21.2 Å². The third-order valence-corrected chi connectivity index (χ3v) is 5.66. The van der Waals surface area contributed by atoms with Gasteiger partial charge in [0.1, 0.15) is 17.9 Å². The van der Waals surface area contributed by atoms with Crippen LogP contribution in [0.15, 0.2) is 74.5 Å². The Morgan fingerprint density at radius 2 is 1.77 bits per heavy atom. The average Bonchev–Trinajstić information content (AvgIpc) is 3.38. The van der Waals surface area contributed by atoms with Crippen molar-refractivity contribution in [1.29, 1.82) is 0 Å². The van der Waals surface area contributed by atoms with Gasteiger partial charge in [0.05, 0.1) is 10.5 Å². The van der Waals surface area contributed by atoms with Gasteiger partial charge in [0, 0.05) is 11.5 Å². The van der Waals surface area contributed by atoms with Crippen LogP contribution in [-0.4, -0.2) is 25.3 Å². The van der Waals surface area contributed by atoms with Gasteiger partial charge in [0.25, 0.3) is 0 Å². The molecule has 7 nitrogen and oxygen atoms in total. The minimum Gasteiger partial charge on any atom is -0.455 e. The molecule has 0 unspecified atom stereocenters. The van der Waals surface area contributed by atoms with E-state index in [9.17, 15) is 22.0 Å². The highest BCUT2D eigenvalue weighted by Gasteiger charge is 2.31. The predicted molar refractivity (Wildman–Crippen MR) is 100 cm³/mol. The second-order valence-corrected chi connectivity index (χ2v) is 8.10. The Hall–Kier alpha value is -3.53. The number of benzene rings is 2. The summed E-state index contributed by atoms with van der Waals surface area (Å²) >= 11 is 0. The molecule has 154 valence electrons. The fraction of sp³-hybridized carbons (Fsp3) is 0.100. The van der Waals surface area contributed by atoms with Crippen LogP contribution in [0.1, 0.15) is 16.1 Å². The van der Waals surface area contributed by atoms with Crippen molar-refractivity contribution in [1.82, 2.24) is 5.16 Å². The highest BCUT2D eigenvalue weighted by Crippen LogP contribution is 2.28. The molecule has 0 N–H and O–H groups in total. The van der Waals surface area contributed by atoms with Gasteiger partial charge in [0.15, 0.2) is 5.76 Å². The van der Waals surface area contributed by atoms with Crippen molar-refractivity contribution >= 4 is 26.8 Å². The lowest BCUT2D eigenvalue weighted by atomic mass is 10.2. The maximum Gasteiger partial charge on any atom is 0.341 e. The van der Waals surface area contributed by atoms with E-state index in [2.05, 4.69) is 5.16 Å². The number of carbonyl (C=O) groups is 1. The molecule has 0 saturated carbocycles. The van der Waals surface area contributed by atoms with Crippen molar-refractivity contribution in [2.24, 2.45) is 0 Å². The molecule has 0 radical (unpaired) electrons. The number of rotatable bonds is 6. The van der Waals surface area contributed by atoms with Crippen molar-refractivity contribution in [3.05, 3.63) is 71.9 Å². The molecule has 2 aromatic carbocycles. The van der Waals surface area contributed by atoms with Gasteiger partial charge < -0.3 is 13.7 Å². The summed E-state index contributed by atoms with van der Waals surface area (Å²) in [5, 5.41) is 4.65. The Morgan fingerprint density at radius 1 is 1.03 bits per heavy atom. The number of esters is 1. The molecule has 0 saturated heterocycles. The molecule has 0 aliphatic rings. The molecule has 0 fully saturated rings. The maximum atomic E-state index is 12.9. The largest absolute Gasteiger partial charge is 0.455 e. The first-order valence-electron chi connectivity index (χ1n) is 8.59. The molecule has 0 aliphatic carbocycles. The quantitative estimate of drug-likeness (QED) is 0.415. The number of sulfone groups is 1. The van der Waals surface area contributed by atoms with Crippen molar-refractivity contribution in [3.8, 4) is 11.5 Å². The Morgan fingerprint density at radius 3 is 2.53 bits per heavy atom. The summed E-state index contributed by atoms with van der Waals surface area (Å²) in [6.07, 6.45) is 0. The van der Waals surface area contributed by atoms with E-state index in [0.717, 1.165) is 17.5 Å². The summed E-state index contributed by atoms with van der Waals surface area (Å²) in [5.41, 5.74) is 0.403. The van der Waals surface area contributed by atoms with Crippen LogP contribution in [0.2, 0.25) is 0 Å². The Balaban J connectivity index is 1.51. The molecule has 0 atom stereocenters. The van der Waals surface area contributed by atoms with Crippen LogP contribution in [0.5, 0.6) is 0 Å². The number of carbonyl (C=O) groups excluding carboxylic acids is 1. The second kappa shape index (κ2) is 7.71. The highest BCUT2D eigenvalue weighted by atomic mass is 32.2. The van der Waals surface area contributed by atoms with Gasteiger partial charge in [-0.05, 0) is 24.3 Å². The van der Waals surface area contributed by atoms with E-state index in [4.69, 9.17) is 13.7 Å². The zero-order chi connectivity index (χ0) is 21.3. The fourth-order valence-electron chi connectivity index (χ4n) is 2.80. The molecule has 4 aromatic rings. The lowest BCUT2D eigenvalue weighted by Gasteiger charge is -2.09. The number of hydrogen-bond acceptors (Lipinski definition) is 7. The number of halogens is 2. The van der Waals surface area contributed by atoms with Crippen molar-refractivity contribution in [3.63, 3.8) is 0 Å².